The van der Waals surface area contributed by atoms with Crippen molar-refractivity contribution in [2.24, 2.45) is 0 Å². The highest BCUT2D eigenvalue weighted by Crippen LogP contribution is 2.29. The standard InChI is InChI=1S/C16H13N3O4/c17-7-10(8-18-9-15(21)22)16(23)19-13-5-1-4-12-11(13)3-2-6-14(12)20/h1-6,8,18,20H,9H2,(H,19,23)(H,21,22)/b10-8-. The van der Waals surface area contributed by atoms with Gasteiger partial charge in [-0.05, 0) is 12.1 Å². The molecule has 2 aromatic rings. The average molecular weight is 311 g/mol. The molecule has 2 rings (SSSR count). The summed E-state index contributed by atoms with van der Waals surface area (Å²) in [6.07, 6.45) is 1.05. The number of benzene rings is 2. The van der Waals surface area contributed by atoms with Gasteiger partial charge in [0.05, 0.1) is 0 Å². The lowest BCUT2D eigenvalue weighted by Gasteiger charge is -2.09. The fraction of sp³-hybridized carbons (Fsp3) is 0.0625. The molecule has 0 atom stereocenters. The smallest absolute Gasteiger partial charge is 0.322 e. The minimum atomic E-state index is -1.11. The first-order valence-electron chi connectivity index (χ1n) is 6.60. The molecule has 0 radical (unpaired) electrons. The van der Waals surface area contributed by atoms with E-state index in [1.165, 1.54) is 6.07 Å². The van der Waals surface area contributed by atoms with E-state index in [9.17, 15) is 14.7 Å². The van der Waals surface area contributed by atoms with Crippen molar-refractivity contribution in [1.29, 1.82) is 5.26 Å². The number of nitriles is 1. The van der Waals surface area contributed by atoms with Gasteiger partial charge >= 0.3 is 5.97 Å². The summed E-state index contributed by atoms with van der Waals surface area (Å²) in [6.45, 7) is -0.402. The second-order valence-corrected chi connectivity index (χ2v) is 4.58. The molecule has 0 aromatic heterocycles. The summed E-state index contributed by atoms with van der Waals surface area (Å²) in [5.74, 6) is -1.71. The lowest BCUT2D eigenvalue weighted by Crippen LogP contribution is -2.20. The predicted molar refractivity (Wildman–Crippen MR) is 83.6 cm³/mol. The van der Waals surface area contributed by atoms with Crippen LogP contribution in [0.15, 0.2) is 48.2 Å². The largest absolute Gasteiger partial charge is 0.507 e. The predicted octanol–water partition coefficient (Wildman–Crippen LogP) is 1.57. The van der Waals surface area contributed by atoms with Crippen LogP contribution in [0.1, 0.15) is 0 Å². The number of hydrogen-bond donors (Lipinski definition) is 4. The molecule has 0 aliphatic heterocycles. The Balaban J connectivity index is 2.25. The number of phenols is 1. The van der Waals surface area contributed by atoms with Crippen molar-refractivity contribution in [3.8, 4) is 11.8 Å². The molecule has 0 spiro atoms. The topological polar surface area (TPSA) is 122 Å². The molecule has 7 heteroatoms. The maximum Gasteiger partial charge on any atom is 0.322 e. The molecule has 0 fully saturated rings. The highest BCUT2D eigenvalue weighted by atomic mass is 16.4. The van der Waals surface area contributed by atoms with Crippen LogP contribution in [0.3, 0.4) is 0 Å². The number of carbonyl (C=O) groups is 2. The summed E-state index contributed by atoms with van der Waals surface area (Å²) >= 11 is 0. The first-order valence-corrected chi connectivity index (χ1v) is 6.60. The van der Waals surface area contributed by atoms with Crippen molar-refractivity contribution in [2.45, 2.75) is 0 Å². The van der Waals surface area contributed by atoms with Crippen LogP contribution in [0.25, 0.3) is 10.8 Å². The molecule has 0 saturated carbocycles. The molecular formula is C16H13N3O4. The Kier molecular flexibility index (Phi) is 4.79. The number of fused-ring (bicyclic) bond motifs is 1. The van der Waals surface area contributed by atoms with Gasteiger partial charge in [-0.15, -0.1) is 0 Å². The summed E-state index contributed by atoms with van der Waals surface area (Å²) < 4.78 is 0. The van der Waals surface area contributed by atoms with E-state index in [1.807, 2.05) is 0 Å². The fourth-order valence-corrected chi connectivity index (χ4v) is 1.98. The van der Waals surface area contributed by atoms with E-state index in [1.54, 1.807) is 36.4 Å². The molecular weight excluding hydrogens is 298 g/mol. The summed E-state index contributed by atoms with van der Waals surface area (Å²) in [5.41, 5.74) is 0.172. The SMILES string of the molecule is N#C/C(=C/NCC(=O)O)C(=O)Nc1cccc2c(O)cccc12. The summed E-state index contributed by atoms with van der Waals surface area (Å²) in [5, 5.41) is 33.4. The fourth-order valence-electron chi connectivity index (χ4n) is 1.98. The third kappa shape index (κ3) is 3.77. The molecule has 116 valence electrons. The van der Waals surface area contributed by atoms with Crippen LogP contribution in [-0.2, 0) is 9.59 Å². The molecule has 0 heterocycles. The van der Waals surface area contributed by atoms with E-state index in [0.717, 1.165) is 6.20 Å². The Hall–Kier alpha value is -3.53. The quantitative estimate of drug-likeness (QED) is 0.491. The van der Waals surface area contributed by atoms with Gasteiger partial charge in [-0.1, -0.05) is 24.3 Å². The van der Waals surface area contributed by atoms with Crippen molar-refractivity contribution in [3.05, 3.63) is 48.2 Å². The average Bonchev–Trinajstić information content (AvgIpc) is 2.52. The number of nitrogens with zero attached hydrogens (tertiary/aromatic N) is 1. The number of anilines is 1. The van der Waals surface area contributed by atoms with Gasteiger partial charge in [0, 0.05) is 22.7 Å². The molecule has 23 heavy (non-hydrogen) atoms. The third-order valence-electron chi connectivity index (χ3n) is 3.01. The first-order chi connectivity index (χ1) is 11.0. The molecule has 2 aromatic carbocycles. The van der Waals surface area contributed by atoms with Gasteiger partial charge in [0.2, 0.25) is 0 Å². The van der Waals surface area contributed by atoms with Gasteiger partial charge < -0.3 is 20.8 Å². The zero-order valence-electron chi connectivity index (χ0n) is 11.9. The highest BCUT2D eigenvalue weighted by molar-refractivity contribution is 6.11. The number of hydrogen-bond acceptors (Lipinski definition) is 5. The molecule has 0 aliphatic rings. The normalized spacial score (nSPS) is 10.8. The van der Waals surface area contributed by atoms with E-state index in [-0.39, 0.29) is 11.3 Å². The number of carboxylic acids is 1. The first kappa shape index (κ1) is 15.9. The van der Waals surface area contributed by atoms with Crippen molar-refractivity contribution >= 4 is 28.3 Å². The molecule has 0 saturated heterocycles. The maximum absolute atomic E-state index is 12.1. The van der Waals surface area contributed by atoms with Crippen molar-refractivity contribution in [1.82, 2.24) is 5.32 Å². The Bertz CT molecular complexity index is 837. The second kappa shape index (κ2) is 6.95. The van der Waals surface area contributed by atoms with Gasteiger partial charge in [0.1, 0.15) is 23.9 Å². The number of carbonyl (C=O) groups excluding carboxylic acids is 1. The van der Waals surface area contributed by atoms with Crippen LogP contribution in [0.4, 0.5) is 5.69 Å². The minimum absolute atomic E-state index is 0.0813. The number of aromatic hydroxyl groups is 1. The Morgan fingerprint density at radius 3 is 2.57 bits per heavy atom. The van der Waals surface area contributed by atoms with Crippen LogP contribution in [0, 0.1) is 11.3 Å². The van der Waals surface area contributed by atoms with Crippen molar-refractivity contribution < 1.29 is 19.8 Å². The van der Waals surface area contributed by atoms with E-state index >= 15 is 0 Å². The maximum atomic E-state index is 12.1. The monoisotopic (exact) mass is 311 g/mol. The lowest BCUT2D eigenvalue weighted by molar-refractivity contribution is -0.135. The van der Waals surface area contributed by atoms with E-state index in [0.29, 0.717) is 16.5 Å². The van der Waals surface area contributed by atoms with Crippen molar-refractivity contribution in [2.75, 3.05) is 11.9 Å². The zero-order valence-corrected chi connectivity index (χ0v) is 11.9. The lowest BCUT2D eigenvalue weighted by atomic mass is 10.1. The summed E-state index contributed by atoms with van der Waals surface area (Å²) in [7, 11) is 0. The molecule has 7 nitrogen and oxygen atoms in total. The number of rotatable bonds is 5. The molecule has 0 unspecified atom stereocenters. The zero-order chi connectivity index (χ0) is 16.8. The summed E-state index contributed by atoms with van der Waals surface area (Å²) in [4.78, 5) is 22.5. The Morgan fingerprint density at radius 2 is 1.87 bits per heavy atom. The van der Waals surface area contributed by atoms with Crippen LogP contribution >= 0.6 is 0 Å². The molecule has 1 amide bonds. The molecule has 4 N–H and O–H groups in total. The second-order valence-electron chi connectivity index (χ2n) is 4.58. The number of amides is 1. The number of aliphatic carboxylic acids is 1. The van der Waals surface area contributed by atoms with Crippen molar-refractivity contribution in [3.63, 3.8) is 0 Å². The van der Waals surface area contributed by atoms with Crippen LogP contribution in [-0.4, -0.2) is 28.6 Å². The summed E-state index contributed by atoms with van der Waals surface area (Å²) in [6, 6.07) is 11.6. The van der Waals surface area contributed by atoms with E-state index in [2.05, 4.69) is 10.6 Å². The van der Waals surface area contributed by atoms with E-state index in [4.69, 9.17) is 10.4 Å². The molecule has 0 bridgehead atoms. The van der Waals surface area contributed by atoms with Gasteiger partial charge in [0.15, 0.2) is 0 Å². The van der Waals surface area contributed by atoms with Gasteiger partial charge in [-0.3, -0.25) is 9.59 Å². The van der Waals surface area contributed by atoms with Gasteiger partial charge in [-0.25, -0.2) is 0 Å². The third-order valence-corrected chi connectivity index (χ3v) is 3.01. The van der Waals surface area contributed by atoms with Crippen LogP contribution in [0.2, 0.25) is 0 Å². The Morgan fingerprint density at radius 1 is 1.17 bits per heavy atom. The van der Waals surface area contributed by atoms with Crippen LogP contribution < -0.4 is 10.6 Å². The Labute approximate surface area is 131 Å². The highest BCUT2D eigenvalue weighted by Gasteiger charge is 2.12. The number of phenolic OH excluding ortho intramolecular Hbond substituents is 1. The number of carboxylic acid groups (broad SMARTS) is 1. The van der Waals surface area contributed by atoms with E-state index < -0.39 is 18.4 Å². The molecule has 0 aliphatic carbocycles. The van der Waals surface area contributed by atoms with Crippen LogP contribution in [0.5, 0.6) is 5.75 Å². The van der Waals surface area contributed by atoms with Gasteiger partial charge in [-0.2, -0.15) is 5.26 Å². The minimum Gasteiger partial charge on any atom is -0.507 e. The number of nitrogens with one attached hydrogen (secondary N) is 2. The van der Waals surface area contributed by atoms with Gasteiger partial charge in [0.25, 0.3) is 5.91 Å².